The van der Waals surface area contributed by atoms with Gasteiger partial charge >= 0.3 is 6.18 Å². The van der Waals surface area contributed by atoms with Crippen LogP contribution in [-0.2, 0) is 4.74 Å². The number of nitrogens with one attached hydrogen (secondary N) is 1. The van der Waals surface area contributed by atoms with Crippen molar-refractivity contribution in [3.8, 4) is 0 Å². The molecule has 2 aliphatic heterocycles. The molecular weight excluding hydrogens is 271 g/mol. The lowest BCUT2D eigenvalue weighted by molar-refractivity contribution is -0.180. The SMILES string of the molecule is CC1(C(F)(F)F)CC(CN)=CC(OC2CCNCC2)=N1. The van der Waals surface area contributed by atoms with Crippen molar-refractivity contribution in [2.24, 2.45) is 10.7 Å². The maximum atomic E-state index is 13.1. The lowest BCUT2D eigenvalue weighted by atomic mass is 9.90. The van der Waals surface area contributed by atoms with E-state index in [0.717, 1.165) is 32.9 Å². The minimum Gasteiger partial charge on any atom is -0.474 e. The molecule has 2 rings (SSSR count). The molecule has 2 aliphatic rings. The molecule has 1 atom stereocenters. The van der Waals surface area contributed by atoms with Crippen LogP contribution in [0.2, 0.25) is 0 Å². The van der Waals surface area contributed by atoms with Gasteiger partial charge in [0.25, 0.3) is 0 Å². The van der Waals surface area contributed by atoms with Crippen molar-refractivity contribution in [1.82, 2.24) is 5.32 Å². The maximum absolute atomic E-state index is 13.1. The number of halogens is 3. The first-order valence-electron chi connectivity index (χ1n) is 6.77. The van der Waals surface area contributed by atoms with E-state index in [1.165, 1.54) is 0 Å². The fraction of sp³-hybridized carbons (Fsp3) is 0.769. The van der Waals surface area contributed by atoms with E-state index >= 15 is 0 Å². The summed E-state index contributed by atoms with van der Waals surface area (Å²) in [5.41, 5.74) is 3.88. The van der Waals surface area contributed by atoms with E-state index in [2.05, 4.69) is 10.3 Å². The van der Waals surface area contributed by atoms with Gasteiger partial charge in [-0.3, -0.25) is 0 Å². The van der Waals surface area contributed by atoms with Crippen molar-refractivity contribution in [3.05, 3.63) is 11.6 Å². The van der Waals surface area contributed by atoms with Crippen LogP contribution in [0.25, 0.3) is 0 Å². The number of piperidine rings is 1. The van der Waals surface area contributed by atoms with E-state index < -0.39 is 11.7 Å². The topological polar surface area (TPSA) is 59.6 Å². The molecule has 1 fully saturated rings. The summed E-state index contributed by atoms with van der Waals surface area (Å²) < 4.78 is 45.1. The average molecular weight is 291 g/mol. The Labute approximate surface area is 116 Å². The summed E-state index contributed by atoms with van der Waals surface area (Å²) in [6.45, 7) is 2.78. The second kappa shape index (κ2) is 5.73. The minimum atomic E-state index is -4.41. The normalized spacial score (nSPS) is 28.9. The zero-order valence-electron chi connectivity index (χ0n) is 11.5. The molecule has 20 heavy (non-hydrogen) atoms. The first-order valence-corrected chi connectivity index (χ1v) is 6.77. The Morgan fingerprint density at radius 1 is 1.45 bits per heavy atom. The molecule has 3 N–H and O–H groups in total. The third-order valence-corrected chi connectivity index (χ3v) is 3.70. The van der Waals surface area contributed by atoms with Crippen molar-refractivity contribution >= 4 is 5.90 Å². The van der Waals surface area contributed by atoms with Crippen LogP contribution in [0.1, 0.15) is 26.2 Å². The highest BCUT2D eigenvalue weighted by Crippen LogP contribution is 2.40. The molecule has 0 spiro atoms. The van der Waals surface area contributed by atoms with Crippen molar-refractivity contribution < 1.29 is 17.9 Å². The van der Waals surface area contributed by atoms with Crippen LogP contribution in [0.3, 0.4) is 0 Å². The highest BCUT2D eigenvalue weighted by Gasteiger charge is 2.53. The third-order valence-electron chi connectivity index (χ3n) is 3.70. The number of hydrogen-bond donors (Lipinski definition) is 2. The van der Waals surface area contributed by atoms with Crippen LogP contribution < -0.4 is 11.1 Å². The molecular formula is C13H20F3N3O. The van der Waals surface area contributed by atoms with Crippen molar-refractivity contribution in [2.45, 2.75) is 44.0 Å². The molecule has 2 heterocycles. The van der Waals surface area contributed by atoms with E-state index in [0.29, 0.717) is 5.57 Å². The van der Waals surface area contributed by atoms with Gasteiger partial charge in [0.15, 0.2) is 5.54 Å². The van der Waals surface area contributed by atoms with Gasteiger partial charge in [0.2, 0.25) is 5.90 Å². The van der Waals surface area contributed by atoms with Crippen LogP contribution in [0, 0.1) is 0 Å². The fourth-order valence-electron chi connectivity index (χ4n) is 2.42. The first-order chi connectivity index (χ1) is 9.34. The van der Waals surface area contributed by atoms with Gasteiger partial charge in [0, 0.05) is 19.0 Å². The average Bonchev–Trinajstić information content (AvgIpc) is 2.38. The predicted molar refractivity (Wildman–Crippen MR) is 70.6 cm³/mol. The van der Waals surface area contributed by atoms with Gasteiger partial charge in [-0.1, -0.05) is 0 Å². The van der Waals surface area contributed by atoms with Crippen LogP contribution in [0.5, 0.6) is 0 Å². The molecule has 0 bridgehead atoms. The van der Waals surface area contributed by atoms with Gasteiger partial charge in [-0.15, -0.1) is 0 Å². The summed E-state index contributed by atoms with van der Waals surface area (Å²) in [6, 6.07) is 0. The molecule has 0 aromatic rings. The lowest BCUT2D eigenvalue weighted by Crippen LogP contribution is -2.44. The number of rotatable bonds is 2. The number of nitrogens with zero attached hydrogens (tertiary/aromatic N) is 1. The second-order valence-corrected chi connectivity index (χ2v) is 5.47. The zero-order chi connectivity index (χ0) is 14.8. The number of nitrogens with two attached hydrogens (primary N) is 1. The zero-order valence-corrected chi connectivity index (χ0v) is 11.5. The number of hydrogen-bond acceptors (Lipinski definition) is 4. The number of dihydropyridines is 1. The smallest absolute Gasteiger partial charge is 0.413 e. The highest BCUT2D eigenvalue weighted by molar-refractivity contribution is 5.90. The van der Waals surface area contributed by atoms with E-state index in [-0.39, 0.29) is 25.0 Å². The Bertz CT molecular complexity index is 414. The van der Waals surface area contributed by atoms with Gasteiger partial charge in [-0.05, 0) is 38.4 Å². The standard InChI is InChI=1S/C13H20F3N3O/c1-12(13(14,15)16)7-9(8-17)6-11(19-12)20-10-2-4-18-5-3-10/h6,10,18H,2-5,7-8,17H2,1H3. The van der Waals surface area contributed by atoms with Crippen LogP contribution in [0.4, 0.5) is 13.2 Å². The molecule has 7 heteroatoms. The Morgan fingerprint density at radius 3 is 2.65 bits per heavy atom. The fourth-order valence-corrected chi connectivity index (χ4v) is 2.42. The van der Waals surface area contributed by atoms with Crippen molar-refractivity contribution in [2.75, 3.05) is 19.6 Å². The van der Waals surface area contributed by atoms with E-state index in [9.17, 15) is 13.2 Å². The Kier molecular flexibility index (Phi) is 4.39. The molecule has 0 amide bonds. The number of ether oxygens (including phenoxy) is 1. The minimum absolute atomic E-state index is 0.0587. The second-order valence-electron chi connectivity index (χ2n) is 5.47. The van der Waals surface area contributed by atoms with Gasteiger partial charge in [0.05, 0.1) is 0 Å². The van der Waals surface area contributed by atoms with Crippen molar-refractivity contribution in [3.63, 3.8) is 0 Å². The summed E-state index contributed by atoms with van der Waals surface area (Å²) in [4.78, 5) is 3.79. The Morgan fingerprint density at radius 2 is 2.10 bits per heavy atom. The van der Waals surface area contributed by atoms with Crippen LogP contribution >= 0.6 is 0 Å². The molecule has 0 aromatic carbocycles. The summed E-state index contributed by atoms with van der Waals surface area (Å²) in [5, 5.41) is 3.18. The summed E-state index contributed by atoms with van der Waals surface area (Å²) in [5.74, 6) is 0.0587. The monoisotopic (exact) mass is 291 g/mol. The largest absolute Gasteiger partial charge is 0.474 e. The number of alkyl halides is 3. The summed E-state index contributed by atoms with van der Waals surface area (Å²) in [7, 11) is 0. The summed E-state index contributed by atoms with van der Waals surface area (Å²) >= 11 is 0. The van der Waals surface area contributed by atoms with E-state index in [1.807, 2.05) is 0 Å². The Balaban J connectivity index is 2.17. The molecule has 1 unspecified atom stereocenters. The van der Waals surface area contributed by atoms with Gasteiger partial charge in [-0.2, -0.15) is 13.2 Å². The first kappa shape index (κ1) is 15.3. The van der Waals surface area contributed by atoms with Gasteiger partial charge in [0.1, 0.15) is 6.10 Å². The highest BCUT2D eigenvalue weighted by atomic mass is 19.4. The molecule has 0 aromatic heterocycles. The maximum Gasteiger partial charge on any atom is 0.413 e. The van der Waals surface area contributed by atoms with E-state index in [4.69, 9.17) is 10.5 Å². The molecule has 0 aliphatic carbocycles. The Hall–Kier alpha value is -1.08. The third kappa shape index (κ3) is 3.32. The van der Waals surface area contributed by atoms with Crippen LogP contribution in [-0.4, -0.2) is 43.4 Å². The van der Waals surface area contributed by atoms with E-state index in [1.54, 1.807) is 6.08 Å². The van der Waals surface area contributed by atoms with Crippen LogP contribution in [0.15, 0.2) is 16.6 Å². The molecule has 0 radical (unpaired) electrons. The summed E-state index contributed by atoms with van der Waals surface area (Å²) in [6.07, 6.45) is -1.60. The quantitative estimate of drug-likeness (QED) is 0.815. The molecule has 0 saturated carbocycles. The van der Waals surface area contributed by atoms with Gasteiger partial charge < -0.3 is 15.8 Å². The molecule has 1 saturated heterocycles. The lowest BCUT2D eigenvalue weighted by Gasteiger charge is -2.33. The predicted octanol–water partition coefficient (Wildman–Crippen LogP) is 1.76. The molecule has 114 valence electrons. The molecule has 4 nitrogen and oxygen atoms in total. The van der Waals surface area contributed by atoms with Crippen molar-refractivity contribution in [1.29, 1.82) is 0 Å². The number of aliphatic imine (C=N–C) groups is 1. The van der Waals surface area contributed by atoms with Gasteiger partial charge in [-0.25, -0.2) is 4.99 Å².